The molecule has 0 aromatic heterocycles. The van der Waals surface area contributed by atoms with Crippen molar-refractivity contribution in [1.82, 2.24) is 0 Å². The van der Waals surface area contributed by atoms with Crippen LogP contribution in [0.25, 0.3) is 0 Å². The normalized spacial score (nSPS) is 12.9. The van der Waals surface area contributed by atoms with Gasteiger partial charge in [-0.05, 0) is 36.1 Å². The van der Waals surface area contributed by atoms with Crippen molar-refractivity contribution in [2.24, 2.45) is 0 Å². The molecule has 1 atom stereocenters. The Labute approximate surface area is 148 Å². The maximum Gasteiger partial charge on any atom is 0.120 e. The van der Waals surface area contributed by atoms with Crippen LogP contribution in [0, 0.1) is 0 Å². The highest BCUT2D eigenvalue weighted by molar-refractivity contribution is 7.99. The highest BCUT2D eigenvalue weighted by atomic mass is 32.2. The zero-order valence-corrected chi connectivity index (χ0v) is 15.3. The predicted molar refractivity (Wildman–Crippen MR) is 99.8 cm³/mol. The van der Waals surface area contributed by atoms with E-state index < -0.39 is 11.7 Å². The van der Waals surface area contributed by atoms with E-state index in [1.165, 1.54) is 0 Å². The van der Waals surface area contributed by atoms with Gasteiger partial charge in [-0.25, -0.2) is 0 Å². The molecule has 0 radical (unpaired) electrons. The van der Waals surface area contributed by atoms with Crippen molar-refractivity contribution in [2.45, 2.75) is 43.3 Å². The van der Waals surface area contributed by atoms with Crippen molar-refractivity contribution < 1.29 is 14.9 Å². The van der Waals surface area contributed by atoms with Gasteiger partial charge >= 0.3 is 0 Å². The predicted octanol–water partition coefficient (Wildman–Crippen LogP) is 4.42. The van der Waals surface area contributed by atoms with E-state index in [1.54, 1.807) is 18.9 Å². The minimum absolute atomic E-state index is 0.585. The number of aliphatic hydroxyl groups excluding tert-OH is 1. The van der Waals surface area contributed by atoms with E-state index in [0.29, 0.717) is 18.6 Å². The second kappa shape index (κ2) is 8.56. The molecule has 130 valence electrons. The van der Waals surface area contributed by atoms with Crippen LogP contribution in [0.4, 0.5) is 0 Å². The molecule has 0 amide bonds. The zero-order valence-electron chi connectivity index (χ0n) is 14.5. The first kappa shape index (κ1) is 18.8. The Kier molecular flexibility index (Phi) is 6.72. The van der Waals surface area contributed by atoms with Crippen LogP contribution in [-0.2, 0) is 0 Å². The molecular weight excluding hydrogens is 320 g/mol. The second-order valence-electron chi connectivity index (χ2n) is 5.94. The van der Waals surface area contributed by atoms with Crippen LogP contribution in [0.1, 0.15) is 43.9 Å². The van der Waals surface area contributed by atoms with Crippen molar-refractivity contribution >= 4 is 11.8 Å². The highest BCUT2D eigenvalue weighted by Crippen LogP contribution is 2.36. The Morgan fingerprint density at radius 3 is 2.33 bits per heavy atom. The Morgan fingerprint density at radius 1 is 1.08 bits per heavy atom. The molecule has 0 saturated heterocycles. The minimum atomic E-state index is -0.698. The topological polar surface area (TPSA) is 49.7 Å². The van der Waals surface area contributed by atoms with Crippen LogP contribution >= 0.6 is 11.8 Å². The molecule has 3 nitrogen and oxygen atoms in total. The number of aliphatic hydroxyl groups is 2. The van der Waals surface area contributed by atoms with Crippen LogP contribution < -0.4 is 4.74 Å². The molecule has 2 aromatic rings. The summed E-state index contributed by atoms with van der Waals surface area (Å²) in [6, 6.07) is 15.3. The summed E-state index contributed by atoms with van der Waals surface area (Å²) in [5, 5.41) is 21.3. The summed E-state index contributed by atoms with van der Waals surface area (Å²) in [6.07, 6.45) is 0.713. The molecule has 0 bridgehead atoms. The summed E-state index contributed by atoms with van der Waals surface area (Å²) in [5.74, 6) is 1.33. The van der Waals surface area contributed by atoms with Crippen LogP contribution in [0.5, 0.6) is 5.75 Å². The first-order valence-corrected chi connectivity index (χ1v) is 9.27. The van der Waals surface area contributed by atoms with Gasteiger partial charge in [0.1, 0.15) is 11.9 Å². The Bertz CT molecular complexity index is 639. The molecule has 0 aliphatic rings. The second-order valence-corrected chi connectivity index (χ2v) is 6.95. The van der Waals surface area contributed by atoms with Crippen molar-refractivity contribution in [3.8, 4) is 5.75 Å². The lowest BCUT2D eigenvalue weighted by Gasteiger charge is -2.25. The number of rotatable bonds is 8. The van der Waals surface area contributed by atoms with Crippen molar-refractivity contribution in [1.29, 1.82) is 0 Å². The summed E-state index contributed by atoms with van der Waals surface area (Å²) in [6.45, 7) is 3.99. The molecule has 0 saturated carbocycles. The van der Waals surface area contributed by atoms with Gasteiger partial charge in [0.25, 0.3) is 0 Å². The molecular formula is C20H26O3S. The molecule has 0 heterocycles. The number of thioether (sulfide) groups is 1. The lowest BCUT2D eigenvalue weighted by atomic mass is 10.0. The molecule has 1 unspecified atom stereocenters. The van der Waals surface area contributed by atoms with Gasteiger partial charge in [-0.15, -0.1) is 11.8 Å². The van der Waals surface area contributed by atoms with Crippen LogP contribution in [-0.4, -0.2) is 28.7 Å². The number of benzene rings is 2. The van der Waals surface area contributed by atoms with Crippen LogP contribution in [0.15, 0.2) is 53.4 Å². The number of ether oxygens (including phenoxy) is 1. The molecule has 24 heavy (non-hydrogen) atoms. The fraction of sp³-hybridized carbons (Fsp3) is 0.400. The van der Waals surface area contributed by atoms with E-state index in [4.69, 9.17) is 4.74 Å². The molecule has 0 spiro atoms. The fourth-order valence-corrected chi connectivity index (χ4v) is 3.85. The monoisotopic (exact) mass is 346 g/mol. The molecule has 0 fully saturated rings. The van der Waals surface area contributed by atoms with Gasteiger partial charge in [0.05, 0.1) is 12.7 Å². The number of hydrogen-bond acceptors (Lipinski definition) is 4. The summed E-state index contributed by atoms with van der Waals surface area (Å²) in [5.41, 5.74) is 0.996. The lowest BCUT2D eigenvalue weighted by Crippen LogP contribution is -2.29. The third kappa shape index (κ3) is 4.53. The SMILES string of the molecule is CCC(O)(CC)CSc1cc(OC)ccc1C(O)c1ccccc1. The lowest BCUT2D eigenvalue weighted by molar-refractivity contribution is 0.0571. The first-order chi connectivity index (χ1) is 11.5. The fourth-order valence-electron chi connectivity index (χ4n) is 2.47. The third-order valence-corrected chi connectivity index (χ3v) is 5.79. The van der Waals surface area contributed by atoms with Gasteiger partial charge < -0.3 is 14.9 Å². The van der Waals surface area contributed by atoms with Crippen LogP contribution in [0.3, 0.4) is 0 Å². The Morgan fingerprint density at radius 2 is 1.75 bits per heavy atom. The van der Waals surface area contributed by atoms with Gasteiger partial charge in [-0.1, -0.05) is 50.2 Å². The van der Waals surface area contributed by atoms with Gasteiger partial charge in [0.15, 0.2) is 0 Å². The average molecular weight is 346 g/mol. The Hall–Kier alpha value is -1.49. The zero-order chi connectivity index (χ0) is 17.6. The van der Waals surface area contributed by atoms with Crippen LogP contribution in [0.2, 0.25) is 0 Å². The summed E-state index contributed by atoms with van der Waals surface area (Å²) < 4.78 is 5.32. The molecule has 4 heteroatoms. The van der Waals surface area contributed by atoms with E-state index in [-0.39, 0.29) is 0 Å². The molecule has 2 N–H and O–H groups in total. The molecule has 2 rings (SSSR count). The van der Waals surface area contributed by atoms with E-state index in [9.17, 15) is 10.2 Å². The first-order valence-electron chi connectivity index (χ1n) is 8.29. The van der Waals surface area contributed by atoms with Gasteiger partial charge in [0, 0.05) is 10.6 Å². The maximum atomic E-state index is 10.8. The smallest absolute Gasteiger partial charge is 0.120 e. The van der Waals surface area contributed by atoms with E-state index >= 15 is 0 Å². The van der Waals surface area contributed by atoms with Crippen molar-refractivity contribution in [2.75, 3.05) is 12.9 Å². The minimum Gasteiger partial charge on any atom is -0.497 e. The third-order valence-electron chi connectivity index (χ3n) is 4.44. The standard InChI is InChI=1S/C20H26O3S/c1-4-20(22,5-2)14-24-18-13-16(23-3)11-12-17(18)19(21)15-9-7-6-8-10-15/h6-13,19,21-22H,4-5,14H2,1-3H3. The van der Waals surface area contributed by atoms with E-state index in [2.05, 4.69) is 0 Å². The van der Waals surface area contributed by atoms with Crippen molar-refractivity contribution in [3.05, 3.63) is 59.7 Å². The maximum absolute atomic E-state index is 10.8. The summed E-state index contributed by atoms with van der Waals surface area (Å²) in [7, 11) is 1.63. The van der Waals surface area contributed by atoms with E-state index in [0.717, 1.165) is 21.8 Å². The molecule has 0 aliphatic heterocycles. The molecule has 2 aromatic carbocycles. The Balaban J connectivity index is 2.31. The summed E-state index contributed by atoms with van der Waals surface area (Å²) in [4.78, 5) is 0.936. The van der Waals surface area contributed by atoms with Gasteiger partial charge in [-0.3, -0.25) is 0 Å². The van der Waals surface area contributed by atoms with Gasteiger partial charge in [-0.2, -0.15) is 0 Å². The molecule has 0 aliphatic carbocycles. The van der Waals surface area contributed by atoms with Gasteiger partial charge in [0.2, 0.25) is 0 Å². The average Bonchev–Trinajstić information content (AvgIpc) is 2.66. The van der Waals surface area contributed by atoms with E-state index in [1.807, 2.05) is 62.4 Å². The number of hydrogen-bond donors (Lipinski definition) is 2. The number of methoxy groups -OCH3 is 1. The van der Waals surface area contributed by atoms with Crippen molar-refractivity contribution in [3.63, 3.8) is 0 Å². The highest BCUT2D eigenvalue weighted by Gasteiger charge is 2.24. The largest absolute Gasteiger partial charge is 0.497 e. The quantitative estimate of drug-likeness (QED) is 0.695. The summed E-state index contributed by atoms with van der Waals surface area (Å²) >= 11 is 1.57.